The molecule has 1 heterocycles. The van der Waals surface area contributed by atoms with Crippen molar-refractivity contribution in [2.24, 2.45) is 0 Å². The molecule has 1 aromatic carbocycles. The van der Waals surface area contributed by atoms with Gasteiger partial charge in [0.15, 0.2) is 0 Å². The normalized spacial score (nSPS) is 13.0. The van der Waals surface area contributed by atoms with Crippen LogP contribution in [0.2, 0.25) is 0 Å². The fourth-order valence-corrected chi connectivity index (χ4v) is 1.53. The van der Waals surface area contributed by atoms with Crippen molar-refractivity contribution in [1.82, 2.24) is 4.98 Å². The van der Waals surface area contributed by atoms with Crippen molar-refractivity contribution in [1.29, 1.82) is 0 Å². The number of hydrogen-bond acceptors (Lipinski definition) is 1. The van der Waals surface area contributed by atoms with Crippen LogP contribution in [0.25, 0.3) is 10.9 Å². The summed E-state index contributed by atoms with van der Waals surface area (Å²) < 4.78 is 13.4. The first-order chi connectivity index (χ1) is 6.74. The molecule has 2 nitrogen and oxygen atoms in total. The lowest BCUT2D eigenvalue weighted by Crippen LogP contribution is -1.91. The van der Waals surface area contributed by atoms with E-state index in [-0.39, 0.29) is 5.82 Å². The lowest BCUT2D eigenvalue weighted by atomic mass is 10.1. The van der Waals surface area contributed by atoms with Crippen LogP contribution >= 0.6 is 0 Å². The molecule has 14 heavy (non-hydrogen) atoms. The predicted octanol–water partition coefficient (Wildman–Crippen LogP) is 2.53. The molecule has 0 saturated carbocycles. The van der Waals surface area contributed by atoms with Gasteiger partial charge in [-0.1, -0.05) is 12.1 Å². The van der Waals surface area contributed by atoms with E-state index < -0.39 is 6.10 Å². The molecule has 0 aliphatic heterocycles. The average Bonchev–Trinajstić information content (AvgIpc) is 2.62. The highest BCUT2D eigenvalue weighted by Crippen LogP contribution is 2.26. The highest BCUT2D eigenvalue weighted by molar-refractivity contribution is 5.84. The number of halogens is 1. The van der Waals surface area contributed by atoms with E-state index in [2.05, 4.69) is 11.6 Å². The molecule has 72 valence electrons. The zero-order chi connectivity index (χ0) is 10.1. The molecule has 1 atom stereocenters. The number of aliphatic hydroxyl groups is 1. The Bertz CT molecular complexity index is 475. The zero-order valence-electron chi connectivity index (χ0n) is 7.50. The minimum atomic E-state index is -0.833. The number of fused-ring (bicyclic) bond motifs is 1. The van der Waals surface area contributed by atoms with Gasteiger partial charge in [0.05, 0.1) is 6.10 Å². The number of hydrogen-bond donors (Lipinski definition) is 2. The van der Waals surface area contributed by atoms with Gasteiger partial charge in [-0.2, -0.15) is 0 Å². The summed E-state index contributed by atoms with van der Waals surface area (Å²) in [4.78, 5) is 2.90. The second-order valence-electron chi connectivity index (χ2n) is 3.09. The quantitative estimate of drug-likeness (QED) is 0.703. The van der Waals surface area contributed by atoms with E-state index in [9.17, 15) is 9.50 Å². The fraction of sp³-hybridized carbons (Fsp3) is 0.0909. The number of rotatable bonds is 2. The van der Waals surface area contributed by atoms with Crippen LogP contribution in [-0.2, 0) is 0 Å². The van der Waals surface area contributed by atoms with E-state index >= 15 is 0 Å². The maximum Gasteiger partial charge on any atom is 0.132 e. The SMILES string of the molecule is C=CC(O)c1c[nH]c2cccc(F)c12. The summed E-state index contributed by atoms with van der Waals surface area (Å²) in [5.74, 6) is -0.334. The van der Waals surface area contributed by atoms with E-state index in [1.54, 1.807) is 18.3 Å². The second-order valence-corrected chi connectivity index (χ2v) is 3.09. The Morgan fingerprint density at radius 3 is 3.00 bits per heavy atom. The number of aromatic amines is 1. The third kappa shape index (κ3) is 1.22. The Morgan fingerprint density at radius 2 is 2.29 bits per heavy atom. The first kappa shape index (κ1) is 8.97. The summed E-state index contributed by atoms with van der Waals surface area (Å²) in [6, 6.07) is 4.76. The van der Waals surface area contributed by atoms with E-state index in [1.807, 2.05) is 0 Å². The van der Waals surface area contributed by atoms with Crippen LogP contribution < -0.4 is 0 Å². The van der Waals surface area contributed by atoms with Gasteiger partial charge in [0.25, 0.3) is 0 Å². The molecule has 0 aliphatic rings. The van der Waals surface area contributed by atoms with Crippen molar-refractivity contribution in [3.63, 3.8) is 0 Å². The first-order valence-corrected chi connectivity index (χ1v) is 4.30. The number of aliphatic hydroxyl groups excluding tert-OH is 1. The summed E-state index contributed by atoms with van der Waals surface area (Å²) in [5.41, 5.74) is 1.20. The number of nitrogens with one attached hydrogen (secondary N) is 1. The molecule has 0 aliphatic carbocycles. The van der Waals surface area contributed by atoms with Crippen molar-refractivity contribution in [3.05, 3.63) is 48.4 Å². The predicted molar refractivity (Wildman–Crippen MR) is 53.4 cm³/mol. The second kappa shape index (κ2) is 3.27. The molecule has 0 spiro atoms. The van der Waals surface area contributed by atoms with Crippen molar-refractivity contribution in [2.45, 2.75) is 6.10 Å². The lowest BCUT2D eigenvalue weighted by Gasteiger charge is -2.03. The van der Waals surface area contributed by atoms with Gasteiger partial charge >= 0.3 is 0 Å². The van der Waals surface area contributed by atoms with E-state index in [0.717, 1.165) is 0 Å². The van der Waals surface area contributed by atoms with Gasteiger partial charge in [0.1, 0.15) is 5.82 Å². The molecule has 0 bridgehead atoms. The molecule has 1 unspecified atom stereocenters. The minimum Gasteiger partial charge on any atom is -0.384 e. The molecule has 2 aromatic rings. The number of H-pyrrole nitrogens is 1. The highest BCUT2D eigenvalue weighted by Gasteiger charge is 2.12. The summed E-state index contributed by atoms with van der Waals surface area (Å²) in [5, 5.41) is 9.97. The van der Waals surface area contributed by atoms with Crippen molar-refractivity contribution < 1.29 is 9.50 Å². The van der Waals surface area contributed by atoms with Gasteiger partial charge in [-0.05, 0) is 12.1 Å². The largest absolute Gasteiger partial charge is 0.384 e. The molecule has 0 saturated heterocycles. The molecule has 0 amide bonds. The fourth-order valence-electron chi connectivity index (χ4n) is 1.53. The highest BCUT2D eigenvalue weighted by atomic mass is 19.1. The number of benzene rings is 1. The number of aromatic nitrogens is 1. The van der Waals surface area contributed by atoms with Gasteiger partial charge in [0, 0.05) is 22.7 Å². The van der Waals surface area contributed by atoms with Crippen LogP contribution in [0.1, 0.15) is 11.7 Å². The molecular formula is C11H10FNO. The van der Waals surface area contributed by atoms with Crippen molar-refractivity contribution in [3.8, 4) is 0 Å². The van der Waals surface area contributed by atoms with Gasteiger partial charge in [-0.3, -0.25) is 0 Å². The van der Waals surface area contributed by atoms with Crippen LogP contribution in [0.3, 0.4) is 0 Å². The smallest absolute Gasteiger partial charge is 0.132 e. The Kier molecular flexibility index (Phi) is 2.09. The van der Waals surface area contributed by atoms with Gasteiger partial charge in [0.2, 0.25) is 0 Å². The third-order valence-electron chi connectivity index (χ3n) is 2.23. The lowest BCUT2D eigenvalue weighted by molar-refractivity contribution is 0.230. The van der Waals surface area contributed by atoms with Crippen LogP contribution in [0.15, 0.2) is 37.1 Å². The van der Waals surface area contributed by atoms with Gasteiger partial charge < -0.3 is 10.1 Å². The monoisotopic (exact) mass is 191 g/mol. The van der Waals surface area contributed by atoms with Gasteiger partial charge in [-0.15, -0.1) is 6.58 Å². The van der Waals surface area contributed by atoms with Crippen molar-refractivity contribution >= 4 is 10.9 Å². The molecular weight excluding hydrogens is 181 g/mol. The Morgan fingerprint density at radius 1 is 1.50 bits per heavy atom. The minimum absolute atomic E-state index is 0.334. The van der Waals surface area contributed by atoms with Gasteiger partial charge in [-0.25, -0.2) is 4.39 Å². The van der Waals surface area contributed by atoms with Crippen LogP contribution in [0, 0.1) is 5.82 Å². The first-order valence-electron chi connectivity index (χ1n) is 4.30. The van der Waals surface area contributed by atoms with Crippen LogP contribution in [-0.4, -0.2) is 10.1 Å². The van der Waals surface area contributed by atoms with E-state index in [0.29, 0.717) is 16.5 Å². The topological polar surface area (TPSA) is 36.0 Å². The summed E-state index contributed by atoms with van der Waals surface area (Å²) in [7, 11) is 0. The Hall–Kier alpha value is -1.61. The summed E-state index contributed by atoms with van der Waals surface area (Å²) in [6.07, 6.45) is 2.13. The zero-order valence-corrected chi connectivity index (χ0v) is 7.50. The average molecular weight is 191 g/mol. The maximum absolute atomic E-state index is 13.4. The molecule has 2 N–H and O–H groups in total. The molecule has 1 aromatic heterocycles. The summed E-state index contributed by atoms with van der Waals surface area (Å²) >= 11 is 0. The standard InChI is InChI=1S/C11H10FNO/c1-2-10(14)7-6-13-9-5-3-4-8(12)11(7)9/h2-6,10,13-14H,1H2. The van der Waals surface area contributed by atoms with E-state index in [1.165, 1.54) is 12.1 Å². The summed E-state index contributed by atoms with van der Waals surface area (Å²) in [6.45, 7) is 3.47. The Balaban J connectivity index is 2.72. The van der Waals surface area contributed by atoms with Crippen LogP contribution in [0.4, 0.5) is 4.39 Å². The molecule has 3 heteroatoms. The van der Waals surface area contributed by atoms with Crippen molar-refractivity contribution in [2.75, 3.05) is 0 Å². The molecule has 2 rings (SSSR count). The molecule has 0 radical (unpaired) electrons. The van der Waals surface area contributed by atoms with E-state index in [4.69, 9.17) is 0 Å². The maximum atomic E-state index is 13.4. The Labute approximate surface area is 80.7 Å². The van der Waals surface area contributed by atoms with Crippen LogP contribution in [0.5, 0.6) is 0 Å². The molecule has 0 fully saturated rings. The third-order valence-corrected chi connectivity index (χ3v) is 2.23.